The molecule has 0 fully saturated rings. The third kappa shape index (κ3) is 6.18. The zero-order valence-corrected chi connectivity index (χ0v) is 19.8. The van der Waals surface area contributed by atoms with Gasteiger partial charge in [0.25, 0.3) is 17.5 Å². The first kappa shape index (κ1) is 24.9. The van der Waals surface area contributed by atoms with Gasteiger partial charge in [-0.3, -0.25) is 19.7 Å². The number of hydrogen-bond acceptors (Lipinski definition) is 5. The van der Waals surface area contributed by atoms with Gasteiger partial charge in [0.1, 0.15) is 17.3 Å². The average Bonchev–Trinajstić information content (AvgIpc) is 2.81. The van der Waals surface area contributed by atoms with Gasteiger partial charge in [0.2, 0.25) is 0 Å². The average molecular weight is 549 g/mol. The highest BCUT2D eigenvalue weighted by Gasteiger charge is 2.17. The van der Waals surface area contributed by atoms with E-state index in [1.165, 1.54) is 61.7 Å². The summed E-state index contributed by atoms with van der Waals surface area (Å²) in [5.74, 6) is -1.45. The predicted octanol–water partition coefficient (Wildman–Crippen LogP) is 5.57. The second kappa shape index (κ2) is 10.9. The SMILES string of the molecule is COc1ccc(C(=O)NC(=Cc2ccc([N+](=O)[O-])cc2)C(=O)Nc2ccc(F)c(Cl)c2)cc1Br. The van der Waals surface area contributed by atoms with Crippen molar-refractivity contribution in [2.75, 3.05) is 12.4 Å². The Bertz CT molecular complexity index is 1300. The number of benzene rings is 3. The Balaban J connectivity index is 1.92. The number of non-ortho nitro benzene ring substituents is 1. The molecular formula is C23H16BrClFN3O5. The van der Waals surface area contributed by atoms with Crippen molar-refractivity contribution in [3.63, 3.8) is 0 Å². The van der Waals surface area contributed by atoms with Crippen LogP contribution in [-0.2, 0) is 4.79 Å². The minimum Gasteiger partial charge on any atom is -0.496 e. The number of methoxy groups -OCH3 is 1. The summed E-state index contributed by atoms with van der Waals surface area (Å²) in [6.07, 6.45) is 1.35. The van der Waals surface area contributed by atoms with Gasteiger partial charge >= 0.3 is 0 Å². The standard InChI is InChI=1S/C23H16BrClFN3O5/c1-34-21-9-4-14(11-17(21)24)22(30)28-20(10-13-2-6-16(7-3-13)29(32)33)23(31)27-15-5-8-19(26)18(25)12-15/h2-12H,1H3,(H,27,31)(H,28,30). The summed E-state index contributed by atoms with van der Waals surface area (Å²) in [5, 5.41) is 15.8. The van der Waals surface area contributed by atoms with Crippen LogP contribution < -0.4 is 15.4 Å². The van der Waals surface area contributed by atoms with E-state index in [1.54, 1.807) is 6.07 Å². The molecule has 0 aromatic heterocycles. The van der Waals surface area contributed by atoms with Crippen LogP contribution in [0.25, 0.3) is 6.08 Å². The van der Waals surface area contributed by atoms with Gasteiger partial charge < -0.3 is 15.4 Å². The van der Waals surface area contributed by atoms with E-state index in [2.05, 4.69) is 26.6 Å². The Morgan fingerprint density at radius 3 is 2.41 bits per heavy atom. The summed E-state index contributed by atoms with van der Waals surface area (Å²) in [7, 11) is 1.48. The van der Waals surface area contributed by atoms with Crippen LogP contribution in [0.4, 0.5) is 15.8 Å². The molecule has 2 N–H and O–H groups in total. The van der Waals surface area contributed by atoms with Crippen molar-refractivity contribution in [1.29, 1.82) is 0 Å². The van der Waals surface area contributed by atoms with Crippen LogP contribution in [0.1, 0.15) is 15.9 Å². The molecule has 11 heteroatoms. The maximum Gasteiger partial charge on any atom is 0.272 e. The normalized spacial score (nSPS) is 11.0. The molecule has 34 heavy (non-hydrogen) atoms. The molecule has 3 aromatic rings. The van der Waals surface area contributed by atoms with E-state index in [-0.39, 0.29) is 27.7 Å². The lowest BCUT2D eigenvalue weighted by molar-refractivity contribution is -0.384. The van der Waals surface area contributed by atoms with Gasteiger partial charge in [0.05, 0.1) is 21.5 Å². The van der Waals surface area contributed by atoms with E-state index in [9.17, 15) is 24.1 Å². The number of nitro groups is 1. The number of amides is 2. The van der Waals surface area contributed by atoms with Gasteiger partial charge in [-0.25, -0.2) is 4.39 Å². The van der Waals surface area contributed by atoms with Crippen LogP contribution in [0, 0.1) is 15.9 Å². The molecule has 0 atom stereocenters. The van der Waals surface area contributed by atoms with E-state index in [0.29, 0.717) is 15.8 Å². The molecule has 0 aliphatic rings. The summed E-state index contributed by atoms with van der Waals surface area (Å²) in [5.41, 5.74) is 0.568. The van der Waals surface area contributed by atoms with E-state index >= 15 is 0 Å². The Kier molecular flexibility index (Phi) is 7.98. The molecule has 0 unspecified atom stereocenters. The first-order chi connectivity index (χ1) is 16.2. The van der Waals surface area contributed by atoms with Gasteiger partial charge in [-0.2, -0.15) is 0 Å². The number of rotatable bonds is 7. The topological polar surface area (TPSA) is 111 Å². The number of carbonyl (C=O) groups excluding carboxylic acids is 2. The third-order valence-corrected chi connectivity index (χ3v) is 5.41. The van der Waals surface area contributed by atoms with Gasteiger partial charge in [0.15, 0.2) is 0 Å². The first-order valence-electron chi connectivity index (χ1n) is 9.55. The zero-order valence-electron chi connectivity index (χ0n) is 17.5. The quantitative estimate of drug-likeness (QED) is 0.228. The molecule has 2 amide bonds. The van der Waals surface area contributed by atoms with Crippen molar-refractivity contribution in [3.05, 3.63) is 103 Å². The van der Waals surface area contributed by atoms with E-state index in [0.717, 1.165) is 6.07 Å². The van der Waals surface area contributed by atoms with Gasteiger partial charge in [-0.05, 0) is 76.1 Å². The van der Waals surface area contributed by atoms with Crippen LogP contribution in [0.15, 0.2) is 70.8 Å². The Labute approximate surface area is 206 Å². The molecule has 0 radical (unpaired) electrons. The molecule has 0 aliphatic heterocycles. The maximum absolute atomic E-state index is 13.4. The largest absolute Gasteiger partial charge is 0.496 e. The van der Waals surface area contributed by atoms with Crippen molar-refractivity contribution in [3.8, 4) is 5.75 Å². The molecular weight excluding hydrogens is 533 g/mol. The summed E-state index contributed by atoms with van der Waals surface area (Å²) >= 11 is 9.07. The van der Waals surface area contributed by atoms with Crippen molar-refractivity contribution in [2.24, 2.45) is 0 Å². The Hall–Kier alpha value is -3.76. The Morgan fingerprint density at radius 1 is 1.12 bits per heavy atom. The molecule has 0 bridgehead atoms. The Morgan fingerprint density at radius 2 is 1.82 bits per heavy atom. The predicted molar refractivity (Wildman–Crippen MR) is 129 cm³/mol. The van der Waals surface area contributed by atoms with Crippen LogP contribution >= 0.6 is 27.5 Å². The highest BCUT2D eigenvalue weighted by atomic mass is 79.9. The summed E-state index contributed by atoms with van der Waals surface area (Å²) in [6.45, 7) is 0. The number of hydrogen-bond donors (Lipinski definition) is 2. The highest BCUT2D eigenvalue weighted by Crippen LogP contribution is 2.26. The molecule has 0 spiro atoms. The molecule has 3 aromatic carbocycles. The van der Waals surface area contributed by atoms with E-state index < -0.39 is 22.6 Å². The molecule has 0 aliphatic carbocycles. The van der Waals surface area contributed by atoms with Gasteiger partial charge in [-0.15, -0.1) is 0 Å². The van der Waals surface area contributed by atoms with Crippen LogP contribution in [-0.4, -0.2) is 23.8 Å². The molecule has 8 nitrogen and oxygen atoms in total. The fourth-order valence-corrected chi connectivity index (χ4v) is 3.51. The van der Waals surface area contributed by atoms with Crippen LogP contribution in [0.5, 0.6) is 5.75 Å². The minimum atomic E-state index is -0.720. The molecule has 0 heterocycles. The molecule has 3 rings (SSSR count). The highest BCUT2D eigenvalue weighted by molar-refractivity contribution is 9.10. The summed E-state index contributed by atoms with van der Waals surface area (Å²) in [6, 6.07) is 13.6. The summed E-state index contributed by atoms with van der Waals surface area (Å²) in [4.78, 5) is 36.1. The fourth-order valence-electron chi connectivity index (χ4n) is 2.79. The number of nitrogens with one attached hydrogen (secondary N) is 2. The number of halogens is 3. The molecule has 0 saturated carbocycles. The zero-order chi connectivity index (χ0) is 24.8. The van der Waals surface area contributed by atoms with Crippen molar-refractivity contribution in [1.82, 2.24) is 5.32 Å². The lowest BCUT2D eigenvalue weighted by Gasteiger charge is -2.12. The van der Waals surface area contributed by atoms with Crippen molar-refractivity contribution >= 4 is 56.8 Å². The lowest BCUT2D eigenvalue weighted by atomic mass is 10.1. The lowest BCUT2D eigenvalue weighted by Crippen LogP contribution is -2.30. The second-order valence-corrected chi connectivity index (χ2v) is 8.05. The smallest absolute Gasteiger partial charge is 0.272 e. The minimum absolute atomic E-state index is 0.128. The number of nitro benzene ring substituents is 1. The van der Waals surface area contributed by atoms with Gasteiger partial charge in [0, 0.05) is 23.4 Å². The van der Waals surface area contributed by atoms with Crippen molar-refractivity contribution < 1.29 is 23.6 Å². The summed E-state index contributed by atoms with van der Waals surface area (Å²) < 4.78 is 19.1. The van der Waals surface area contributed by atoms with E-state index in [4.69, 9.17) is 16.3 Å². The maximum atomic E-state index is 13.4. The fraction of sp³-hybridized carbons (Fsp3) is 0.0435. The second-order valence-electron chi connectivity index (χ2n) is 6.79. The van der Waals surface area contributed by atoms with Crippen LogP contribution in [0.2, 0.25) is 5.02 Å². The number of carbonyl (C=O) groups is 2. The number of ether oxygens (including phenoxy) is 1. The number of anilines is 1. The number of nitrogens with zero attached hydrogens (tertiary/aromatic N) is 1. The van der Waals surface area contributed by atoms with Crippen molar-refractivity contribution in [2.45, 2.75) is 0 Å². The first-order valence-corrected chi connectivity index (χ1v) is 10.7. The van der Waals surface area contributed by atoms with Crippen LogP contribution in [0.3, 0.4) is 0 Å². The molecule has 174 valence electrons. The monoisotopic (exact) mass is 547 g/mol. The molecule has 0 saturated heterocycles. The van der Waals surface area contributed by atoms with E-state index in [1.807, 2.05) is 0 Å². The van der Waals surface area contributed by atoms with Gasteiger partial charge in [-0.1, -0.05) is 11.6 Å². The third-order valence-electron chi connectivity index (χ3n) is 4.50.